The van der Waals surface area contributed by atoms with Gasteiger partial charge in [-0.15, -0.1) is 0 Å². The van der Waals surface area contributed by atoms with Gasteiger partial charge in [0, 0.05) is 76.2 Å². The van der Waals surface area contributed by atoms with Gasteiger partial charge >= 0.3 is 0 Å². The molecule has 0 radical (unpaired) electrons. The summed E-state index contributed by atoms with van der Waals surface area (Å²) < 4.78 is 11.5. The lowest BCUT2D eigenvalue weighted by atomic mass is 10.2. The largest absolute Gasteiger partial charge is 0.489 e. The third-order valence-electron chi connectivity index (χ3n) is 6.04. The average molecular weight is 537 g/mol. The molecule has 0 aromatic carbocycles. The Bertz CT molecular complexity index is 1220. The third kappa shape index (κ3) is 9.72. The molecule has 8 nitrogen and oxygen atoms in total. The first-order chi connectivity index (χ1) is 19.7. The number of ether oxygens (including phenoxy) is 2. The van der Waals surface area contributed by atoms with Gasteiger partial charge in [0.15, 0.2) is 0 Å². The van der Waals surface area contributed by atoms with Crippen LogP contribution in [0.25, 0.3) is 0 Å². The van der Waals surface area contributed by atoms with E-state index in [2.05, 4.69) is 42.9 Å². The molecule has 4 aromatic heterocycles. The molecular weight excluding hydrogens is 500 g/mol. The van der Waals surface area contributed by atoms with Crippen molar-refractivity contribution in [2.45, 2.75) is 26.2 Å². The molecule has 4 heterocycles. The molecule has 0 spiro atoms. The SMILES string of the molecule is C=CCOc1ccnc(CN(CCN(Cc2ccccn2)Cc2cc(OCC=C)ccn2)Cc2ccccn2)c1. The van der Waals surface area contributed by atoms with Crippen molar-refractivity contribution in [2.75, 3.05) is 26.3 Å². The Morgan fingerprint density at radius 3 is 1.38 bits per heavy atom. The van der Waals surface area contributed by atoms with Crippen LogP contribution >= 0.6 is 0 Å². The van der Waals surface area contributed by atoms with Crippen molar-refractivity contribution in [3.8, 4) is 11.5 Å². The van der Waals surface area contributed by atoms with Crippen LogP contribution < -0.4 is 9.47 Å². The van der Waals surface area contributed by atoms with Gasteiger partial charge in [0.05, 0.1) is 22.8 Å². The lowest BCUT2D eigenvalue weighted by Crippen LogP contribution is -2.35. The number of hydrogen-bond acceptors (Lipinski definition) is 8. The van der Waals surface area contributed by atoms with Crippen LogP contribution in [-0.2, 0) is 26.2 Å². The Hall–Kier alpha value is -4.40. The predicted octanol–water partition coefficient (Wildman–Crippen LogP) is 5.10. The number of pyridine rings is 4. The maximum absolute atomic E-state index is 5.73. The summed E-state index contributed by atoms with van der Waals surface area (Å²) in [6.07, 6.45) is 10.7. The first kappa shape index (κ1) is 28.6. The smallest absolute Gasteiger partial charge is 0.123 e. The van der Waals surface area contributed by atoms with Crippen LogP contribution in [0.1, 0.15) is 22.8 Å². The Labute approximate surface area is 236 Å². The van der Waals surface area contributed by atoms with Crippen LogP contribution in [-0.4, -0.2) is 56.0 Å². The summed E-state index contributed by atoms with van der Waals surface area (Å²) in [5.74, 6) is 1.56. The van der Waals surface area contributed by atoms with Gasteiger partial charge in [0.1, 0.15) is 24.7 Å². The highest BCUT2D eigenvalue weighted by Gasteiger charge is 2.15. The van der Waals surface area contributed by atoms with Crippen LogP contribution in [0.5, 0.6) is 11.5 Å². The fourth-order valence-electron chi connectivity index (χ4n) is 4.19. The molecule has 4 rings (SSSR count). The molecule has 0 aliphatic carbocycles. The maximum Gasteiger partial charge on any atom is 0.123 e. The van der Waals surface area contributed by atoms with E-state index >= 15 is 0 Å². The number of aromatic nitrogens is 4. The second-order valence-corrected chi connectivity index (χ2v) is 9.23. The van der Waals surface area contributed by atoms with Gasteiger partial charge in [-0.2, -0.15) is 0 Å². The molecule has 40 heavy (non-hydrogen) atoms. The lowest BCUT2D eigenvalue weighted by Gasteiger charge is -2.27. The standard InChI is InChI=1S/C32H36N6O2/c1-3-19-39-31-11-15-35-29(21-31)25-37(23-27-9-5-7-13-33-27)17-18-38(24-28-10-6-8-14-34-28)26-30-22-32(12-16-36-30)40-20-4-2/h3-16,21-22H,1-2,17-20,23-26H2. The van der Waals surface area contributed by atoms with Gasteiger partial charge in [0.25, 0.3) is 0 Å². The topological polar surface area (TPSA) is 76.5 Å². The Morgan fingerprint density at radius 2 is 0.975 bits per heavy atom. The molecule has 0 bridgehead atoms. The summed E-state index contributed by atoms with van der Waals surface area (Å²) in [6, 6.07) is 19.7. The van der Waals surface area contributed by atoms with Crippen molar-refractivity contribution in [2.24, 2.45) is 0 Å². The summed E-state index contributed by atoms with van der Waals surface area (Å²) in [5.41, 5.74) is 3.88. The van der Waals surface area contributed by atoms with Crippen molar-refractivity contribution in [1.82, 2.24) is 29.7 Å². The minimum absolute atomic E-state index is 0.456. The van der Waals surface area contributed by atoms with E-state index in [4.69, 9.17) is 9.47 Å². The number of rotatable bonds is 17. The highest BCUT2D eigenvalue weighted by Crippen LogP contribution is 2.16. The fourth-order valence-corrected chi connectivity index (χ4v) is 4.19. The molecular formula is C32H36N6O2. The molecule has 0 aliphatic rings. The zero-order valence-corrected chi connectivity index (χ0v) is 22.8. The van der Waals surface area contributed by atoms with Crippen molar-refractivity contribution in [3.05, 3.63) is 134 Å². The van der Waals surface area contributed by atoms with E-state index in [9.17, 15) is 0 Å². The normalized spacial score (nSPS) is 10.9. The third-order valence-corrected chi connectivity index (χ3v) is 6.04. The zero-order chi connectivity index (χ0) is 27.8. The molecule has 0 fully saturated rings. The van der Waals surface area contributed by atoms with Gasteiger partial charge in [-0.1, -0.05) is 37.4 Å². The first-order valence-electron chi connectivity index (χ1n) is 13.3. The molecule has 0 saturated carbocycles. The van der Waals surface area contributed by atoms with Crippen molar-refractivity contribution in [3.63, 3.8) is 0 Å². The molecule has 0 aliphatic heterocycles. The van der Waals surface area contributed by atoms with E-state index in [1.54, 1.807) is 24.5 Å². The van der Waals surface area contributed by atoms with E-state index < -0.39 is 0 Å². The number of hydrogen-bond donors (Lipinski definition) is 0. The van der Waals surface area contributed by atoms with Gasteiger partial charge in [-0.25, -0.2) is 0 Å². The summed E-state index contributed by atoms with van der Waals surface area (Å²) >= 11 is 0. The Morgan fingerprint density at radius 1 is 0.550 bits per heavy atom. The van der Waals surface area contributed by atoms with E-state index in [-0.39, 0.29) is 0 Å². The molecule has 0 unspecified atom stereocenters. The number of nitrogens with zero attached hydrogens (tertiary/aromatic N) is 6. The average Bonchev–Trinajstić information content (AvgIpc) is 2.99. The first-order valence-corrected chi connectivity index (χ1v) is 13.3. The summed E-state index contributed by atoms with van der Waals surface area (Å²) in [4.78, 5) is 23.0. The summed E-state index contributed by atoms with van der Waals surface area (Å²) in [7, 11) is 0. The fraction of sp³-hybridized carbons (Fsp3) is 0.250. The summed E-state index contributed by atoms with van der Waals surface area (Å²) in [6.45, 7) is 12.7. The Kier molecular flexibility index (Phi) is 11.4. The van der Waals surface area contributed by atoms with Crippen molar-refractivity contribution < 1.29 is 9.47 Å². The van der Waals surface area contributed by atoms with E-state index in [1.165, 1.54) is 0 Å². The molecule has 0 saturated heterocycles. The quantitative estimate of drug-likeness (QED) is 0.173. The molecule has 0 amide bonds. The van der Waals surface area contributed by atoms with Gasteiger partial charge < -0.3 is 9.47 Å². The minimum Gasteiger partial charge on any atom is -0.489 e. The van der Waals surface area contributed by atoms with Crippen LogP contribution in [0, 0.1) is 0 Å². The molecule has 0 atom stereocenters. The Balaban J connectivity index is 1.50. The van der Waals surface area contributed by atoms with Crippen LogP contribution in [0.2, 0.25) is 0 Å². The van der Waals surface area contributed by atoms with E-state index in [0.717, 1.165) is 47.4 Å². The highest BCUT2D eigenvalue weighted by molar-refractivity contribution is 5.24. The lowest BCUT2D eigenvalue weighted by molar-refractivity contribution is 0.177. The van der Waals surface area contributed by atoms with Crippen LogP contribution in [0.3, 0.4) is 0 Å². The molecule has 206 valence electrons. The van der Waals surface area contributed by atoms with Gasteiger partial charge in [-0.3, -0.25) is 29.7 Å². The molecule has 8 heteroatoms. The second kappa shape index (κ2) is 15.9. The van der Waals surface area contributed by atoms with Gasteiger partial charge in [0.2, 0.25) is 0 Å². The van der Waals surface area contributed by atoms with Crippen LogP contribution in [0.15, 0.2) is 111 Å². The van der Waals surface area contributed by atoms with Crippen molar-refractivity contribution in [1.29, 1.82) is 0 Å². The molecule has 4 aromatic rings. The van der Waals surface area contributed by atoms with E-state index in [1.807, 2.05) is 73.1 Å². The van der Waals surface area contributed by atoms with Crippen molar-refractivity contribution >= 4 is 0 Å². The minimum atomic E-state index is 0.456. The highest BCUT2D eigenvalue weighted by atomic mass is 16.5. The van der Waals surface area contributed by atoms with E-state index in [0.29, 0.717) is 39.4 Å². The molecule has 0 N–H and O–H groups in total. The predicted molar refractivity (Wildman–Crippen MR) is 157 cm³/mol. The van der Waals surface area contributed by atoms with Gasteiger partial charge in [-0.05, 0) is 36.4 Å². The zero-order valence-electron chi connectivity index (χ0n) is 22.8. The monoisotopic (exact) mass is 536 g/mol. The van der Waals surface area contributed by atoms with Crippen LogP contribution in [0.4, 0.5) is 0 Å². The second-order valence-electron chi connectivity index (χ2n) is 9.23. The summed E-state index contributed by atoms with van der Waals surface area (Å²) in [5, 5.41) is 0. The maximum atomic E-state index is 5.73.